The average Bonchev–Trinajstić information content (AvgIpc) is 2.42. The molecule has 106 valence electrons. The third-order valence-electron chi connectivity index (χ3n) is 3.05. The lowest BCUT2D eigenvalue weighted by molar-refractivity contribution is 0.507. The quantitative estimate of drug-likeness (QED) is 0.813. The van der Waals surface area contributed by atoms with E-state index in [0.29, 0.717) is 12.2 Å². The van der Waals surface area contributed by atoms with E-state index in [0.717, 1.165) is 4.57 Å². The van der Waals surface area contributed by atoms with Crippen molar-refractivity contribution in [3.05, 3.63) is 61.8 Å². The third-order valence-corrected chi connectivity index (χ3v) is 3.05. The van der Waals surface area contributed by atoms with Crippen molar-refractivity contribution < 1.29 is 0 Å². The number of rotatable bonds is 4. The zero-order valence-corrected chi connectivity index (χ0v) is 11.2. The molecule has 0 atom stereocenters. The van der Waals surface area contributed by atoms with Gasteiger partial charge in [-0.3, -0.25) is 14.2 Å². The maximum absolute atomic E-state index is 12.0. The summed E-state index contributed by atoms with van der Waals surface area (Å²) in [7, 11) is 0. The number of aromatic nitrogens is 3. The summed E-state index contributed by atoms with van der Waals surface area (Å²) in [6.07, 6.45) is 2.96. The van der Waals surface area contributed by atoms with E-state index in [9.17, 15) is 14.4 Å². The Hall–Kier alpha value is -2.57. The molecule has 7 nitrogen and oxygen atoms in total. The second-order valence-corrected chi connectivity index (χ2v) is 4.37. The fourth-order valence-corrected chi connectivity index (χ4v) is 1.94. The Labute approximate surface area is 114 Å². The largest absolute Gasteiger partial charge is 0.398 e. The molecule has 20 heavy (non-hydrogen) atoms. The van der Waals surface area contributed by atoms with Crippen LogP contribution < -0.4 is 22.5 Å². The Morgan fingerprint density at radius 2 is 1.75 bits per heavy atom. The highest BCUT2D eigenvalue weighted by Gasteiger charge is 2.05. The van der Waals surface area contributed by atoms with Crippen LogP contribution in [0.3, 0.4) is 0 Å². The Balaban J connectivity index is 2.32. The fourth-order valence-electron chi connectivity index (χ4n) is 1.94. The van der Waals surface area contributed by atoms with Gasteiger partial charge < -0.3 is 14.9 Å². The molecule has 0 aromatic carbocycles. The number of pyridine rings is 1. The predicted molar refractivity (Wildman–Crippen MR) is 75.8 cm³/mol. The van der Waals surface area contributed by atoms with Gasteiger partial charge in [0.15, 0.2) is 0 Å². The van der Waals surface area contributed by atoms with Gasteiger partial charge in [-0.05, 0) is 13.0 Å². The number of nitrogens with two attached hydrogens (primary N) is 1. The highest BCUT2D eigenvalue weighted by molar-refractivity contribution is 5.33. The van der Waals surface area contributed by atoms with Crippen molar-refractivity contribution in [3.8, 4) is 0 Å². The van der Waals surface area contributed by atoms with Gasteiger partial charge in [-0.15, -0.1) is 0 Å². The molecule has 0 radical (unpaired) electrons. The van der Waals surface area contributed by atoms with Crippen LogP contribution in [0.2, 0.25) is 0 Å². The molecule has 0 aliphatic carbocycles. The van der Waals surface area contributed by atoms with Crippen LogP contribution in [-0.4, -0.2) is 13.7 Å². The molecule has 2 N–H and O–H groups in total. The molecule has 0 bridgehead atoms. The Morgan fingerprint density at radius 3 is 2.45 bits per heavy atom. The van der Waals surface area contributed by atoms with Gasteiger partial charge in [-0.2, -0.15) is 0 Å². The van der Waals surface area contributed by atoms with Crippen molar-refractivity contribution in [2.24, 2.45) is 0 Å². The summed E-state index contributed by atoms with van der Waals surface area (Å²) in [5.74, 6) is 0. The van der Waals surface area contributed by atoms with Crippen LogP contribution in [0.5, 0.6) is 0 Å². The molecule has 0 unspecified atom stereocenters. The lowest BCUT2D eigenvalue weighted by Gasteiger charge is -2.10. The Morgan fingerprint density at radius 1 is 1.00 bits per heavy atom. The molecule has 2 rings (SSSR count). The lowest BCUT2D eigenvalue weighted by atomic mass is 10.4. The number of nitrogens with zero attached hydrogens (tertiary/aromatic N) is 3. The van der Waals surface area contributed by atoms with Gasteiger partial charge in [0, 0.05) is 49.8 Å². The molecule has 0 amide bonds. The van der Waals surface area contributed by atoms with Gasteiger partial charge in [0.25, 0.3) is 11.1 Å². The molecule has 2 aromatic rings. The van der Waals surface area contributed by atoms with Crippen LogP contribution in [0.25, 0.3) is 0 Å². The summed E-state index contributed by atoms with van der Waals surface area (Å²) in [6.45, 7) is 2.64. The lowest BCUT2D eigenvalue weighted by Crippen LogP contribution is -2.40. The van der Waals surface area contributed by atoms with E-state index in [1.807, 2.05) is 6.92 Å². The van der Waals surface area contributed by atoms with Gasteiger partial charge >= 0.3 is 5.69 Å². The first-order valence-corrected chi connectivity index (χ1v) is 6.29. The highest BCUT2D eigenvalue weighted by Crippen LogP contribution is 1.95. The van der Waals surface area contributed by atoms with Crippen LogP contribution in [0, 0.1) is 0 Å². The van der Waals surface area contributed by atoms with Crippen molar-refractivity contribution in [1.29, 1.82) is 0 Å². The van der Waals surface area contributed by atoms with Crippen LogP contribution in [0.1, 0.15) is 6.92 Å². The maximum atomic E-state index is 12.0. The van der Waals surface area contributed by atoms with Crippen LogP contribution in [0.15, 0.2) is 45.0 Å². The minimum Gasteiger partial charge on any atom is -0.398 e. The Bertz CT molecular complexity index is 785. The number of hydrogen-bond acceptors (Lipinski definition) is 4. The van der Waals surface area contributed by atoms with E-state index in [2.05, 4.69) is 0 Å². The topological polar surface area (TPSA) is 92.0 Å². The summed E-state index contributed by atoms with van der Waals surface area (Å²) in [5, 5.41) is 0. The molecular formula is C13H16N4O3. The molecule has 0 fully saturated rings. The third kappa shape index (κ3) is 2.71. The highest BCUT2D eigenvalue weighted by atomic mass is 16.2. The number of hydrogen-bond donors (Lipinski definition) is 1. The summed E-state index contributed by atoms with van der Waals surface area (Å²) < 4.78 is 3.92. The first kappa shape index (κ1) is 13.9. The second kappa shape index (κ2) is 5.60. The minimum absolute atomic E-state index is 0.127. The molecule has 0 aliphatic rings. The molecule has 2 heterocycles. The van der Waals surface area contributed by atoms with Gasteiger partial charge in [0.2, 0.25) is 0 Å². The number of anilines is 1. The van der Waals surface area contributed by atoms with Gasteiger partial charge in [0.1, 0.15) is 0 Å². The van der Waals surface area contributed by atoms with Crippen LogP contribution in [-0.2, 0) is 19.6 Å². The molecule has 2 aromatic heterocycles. The summed E-state index contributed by atoms with van der Waals surface area (Å²) in [6, 6.07) is 4.21. The Kier molecular flexibility index (Phi) is 3.88. The molecular weight excluding hydrogens is 260 g/mol. The van der Waals surface area contributed by atoms with E-state index < -0.39 is 0 Å². The molecule has 7 heteroatoms. The summed E-state index contributed by atoms with van der Waals surface area (Å²) >= 11 is 0. The normalized spacial score (nSPS) is 10.7. The van der Waals surface area contributed by atoms with Crippen molar-refractivity contribution in [2.45, 2.75) is 26.6 Å². The van der Waals surface area contributed by atoms with Crippen molar-refractivity contribution >= 4 is 5.69 Å². The molecule has 0 aliphatic heterocycles. The number of aryl methyl sites for hydroxylation is 2. The van der Waals surface area contributed by atoms with E-state index in [1.165, 1.54) is 39.7 Å². The number of nitrogen functional groups attached to an aromatic ring is 1. The monoisotopic (exact) mass is 276 g/mol. The SMILES string of the molecule is CCn1ccc(=O)n(CCn2cc(N)ccc2=O)c1=O. The molecule has 0 spiro atoms. The smallest absolute Gasteiger partial charge is 0.331 e. The second-order valence-electron chi connectivity index (χ2n) is 4.37. The first-order valence-electron chi connectivity index (χ1n) is 6.29. The van der Waals surface area contributed by atoms with Crippen LogP contribution in [0.4, 0.5) is 5.69 Å². The van der Waals surface area contributed by atoms with Crippen molar-refractivity contribution in [2.75, 3.05) is 5.73 Å². The standard InChI is InChI=1S/C13H16N4O3/c1-2-15-6-5-12(19)17(13(15)20)8-7-16-9-10(14)3-4-11(16)18/h3-6,9H,2,7-8,14H2,1H3. The van der Waals surface area contributed by atoms with Crippen molar-refractivity contribution in [1.82, 2.24) is 13.7 Å². The minimum atomic E-state index is -0.378. The van der Waals surface area contributed by atoms with E-state index in [1.54, 1.807) is 0 Å². The van der Waals surface area contributed by atoms with Gasteiger partial charge in [-0.25, -0.2) is 4.79 Å². The van der Waals surface area contributed by atoms with Gasteiger partial charge in [-0.1, -0.05) is 0 Å². The zero-order chi connectivity index (χ0) is 14.7. The summed E-state index contributed by atoms with van der Waals surface area (Å²) in [5.41, 5.74) is 5.08. The van der Waals surface area contributed by atoms with E-state index in [4.69, 9.17) is 5.73 Å². The van der Waals surface area contributed by atoms with Crippen molar-refractivity contribution in [3.63, 3.8) is 0 Å². The zero-order valence-electron chi connectivity index (χ0n) is 11.2. The maximum Gasteiger partial charge on any atom is 0.331 e. The van der Waals surface area contributed by atoms with Gasteiger partial charge in [0.05, 0.1) is 0 Å². The summed E-state index contributed by atoms with van der Waals surface area (Å²) in [4.78, 5) is 35.3. The van der Waals surface area contributed by atoms with E-state index in [-0.39, 0.29) is 29.9 Å². The van der Waals surface area contributed by atoms with Crippen LogP contribution >= 0.6 is 0 Å². The fraction of sp³-hybridized carbons (Fsp3) is 0.308. The van der Waals surface area contributed by atoms with E-state index >= 15 is 0 Å². The first-order chi connectivity index (χ1) is 9.52. The predicted octanol–water partition coefficient (Wildman–Crippen LogP) is -0.526. The average molecular weight is 276 g/mol. The molecule has 0 saturated heterocycles. The molecule has 0 saturated carbocycles.